The second-order valence-corrected chi connectivity index (χ2v) is 5.74. The molecule has 0 heterocycles. The van der Waals surface area contributed by atoms with Crippen molar-refractivity contribution in [1.29, 1.82) is 0 Å². The van der Waals surface area contributed by atoms with Crippen LogP contribution in [-0.4, -0.2) is 16.2 Å². The second kappa shape index (κ2) is 5.39. The summed E-state index contributed by atoms with van der Waals surface area (Å²) in [4.78, 5) is 11.6. The number of phenols is 1. The lowest BCUT2D eigenvalue weighted by Gasteiger charge is -2.13. The number of carbonyl (C=O) groups is 1. The van der Waals surface area contributed by atoms with Gasteiger partial charge >= 0.3 is 5.97 Å². The summed E-state index contributed by atoms with van der Waals surface area (Å²) >= 11 is 0. The van der Waals surface area contributed by atoms with Crippen molar-refractivity contribution in [2.75, 3.05) is 0 Å². The van der Waals surface area contributed by atoms with Crippen LogP contribution in [0.3, 0.4) is 0 Å². The van der Waals surface area contributed by atoms with Crippen molar-refractivity contribution in [3.63, 3.8) is 0 Å². The average molecular weight is 314 g/mol. The second-order valence-electron chi connectivity index (χ2n) is 5.74. The maximum atomic E-state index is 11.6. The number of aromatic hydroxyl groups is 1. The zero-order valence-corrected chi connectivity index (χ0v) is 12.7. The van der Waals surface area contributed by atoms with Crippen LogP contribution >= 0.6 is 0 Å². The molecule has 2 N–H and O–H groups in total. The molecule has 0 unspecified atom stereocenters. The standard InChI is InChI=1S/C21H14O3/c22-20-18-11-15-9-5-4-8-14(15)10-17(18)16(12-19(20)21(23)24)13-6-2-1-3-7-13/h1-12,22H,(H,23,24). The first-order valence-electron chi connectivity index (χ1n) is 7.62. The molecular formula is C21H14O3. The van der Waals surface area contributed by atoms with E-state index in [0.717, 1.165) is 27.3 Å². The molecule has 0 aliphatic heterocycles. The third-order valence-corrected chi connectivity index (χ3v) is 4.29. The van der Waals surface area contributed by atoms with Gasteiger partial charge in [-0.15, -0.1) is 0 Å². The van der Waals surface area contributed by atoms with Crippen molar-refractivity contribution in [3.05, 3.63) is 78.4 Å². The first-order chi connectivity index (χ1) is 11.6. The molecule has 0 radical (unpaired) electrons. The van der Waals surface area contributed by atoms with E-state index in [9.17, 15) is 15.0 Å². The van der Waals surface area contributed by atoms with E-state index in [1.807, 2.05) is 66.7 Å². The maximum absolute atomic E-state index is 11.6. The number of carboxylic acid groups (broad SMARTS) is 1. The largest absolute Gasteiger partial charge is 0.506 e. The smallest absolute Gasteiger partial charge is 0.339 e. The third-order valence-electron chi connectivity index (χ3n) is 4.29. The Bertz CT molecular complexity index is 1080. The molecule has 3 nitrogen and oxygen atoms in total. The van der Waals surface area contributed by atoms with Gasteiger partial charge in [0.15, 0.2) is 0 Å². The van der Waals surface area contributed by atoms with Crippen LogP contribution in [0.4, 0.5) is 0 Å². The molecule has 4 rings (SSSR count). The first-order valence-corrected chi connectivity index (χ1v) is 7.62. The maximum Gasteiger partial charge on any atom is 0.339 e. The highest BCUT2D eigenvalue weighted by atomic mass is 16.4. The van der Waals surface area contributed by atoms with E-state index in [2.05, 4.69) is 0 Å². The number of aromatic carboxylic acids is 1. The lowest BCUT2D eigenvalue weighted by molar-refractivity contribution is 0.0694. The fourth-order valence-electron chi connectivity index (χ4n) is 3.11. The molecule has 0 atom stereocenters. The fourth-order valence-corrected chi connectivity index (χ4v) is 3.11. The molecule has 4 aromatic rings. The molecule has 0 saturated carbocycles. The van der Waals surface area contributed by atoms with E-state index >= 15 is 0 Å². The summed E-state index contributed by atoms with van der Waals surface area (Å²) in [5.74, 6) is -1.33. The van der Waals surface area contributed by atoms with Crippen LogP contribution in [-0.2, 0) is 0 Å². The van der Waals surface area contributed by atoms with Crippen LogP contribution in [0, 0.1) is 0 Å². The third kappa shape index (κ3) is 2.18. The zero-order valence-electron chi connectivity index (χ0n) is 12.7. The molecule has 3 heteroatoms. The van der Waals surface area contributed by atoms with Crippen molar-refractivity contribution >= 4 is 27.5 Å². The predicted octanol–water partition coefficient (Wildman–Crippen LogP) is 5.06. The molecule has 0 aliphatic rings. The van der Waals surface area contributed by atoms with Gasteiger partial charge in [0.05, 0.1) is 0 Å². The number of hydrogen-bond acceptors (Lipinski definition) is 2. The lowest BCUT2D eigenvalue weighted by atomic mass is 9.92. The lowest BCUT2D eigenvalue weighted by Crippen LogP contribution is -1.98. The van der Waals surface area contributed by atoms with E-state index in [0.29, 0.717) is 5.39 Å². The Balaban J connectivity index is 2.18. The molecule has 0 bridgehead atoms. The van der Waals surface area contributed by atoms with Crippen molar-refractivity contribution in [3.8, 4) is 16.9 Å². The summed E-state index contributed by atoms with van der Waals surface area (Å²) in [5, 5.41) is 23.3. The summed E-state index contributed by atoms with van der Waals surface area (Å²) in [6, 6.07) is 22.8. The number of carboxylic acids is 1. The van der Waals surface area contributed by atoms with Crippen molar-refractivity contribution in [2.24, 2.45) is 0 Å². The molecular weight excluding hydrogens is 300 g/mol. The summed E-state index contributed by atoms with van der Waals surface area (Å²) in [6.07, 6.45) is 0. The van der Waals surface area contributed by atoms with E-state index < -0.39 is 5.97 Å². The van der Waals surface area contributed by atoms with E-state index in [-0.39, 0.29) is 11.3 Å². The van der Waals surface area contributed by atoms with Crippen LogP contribution < -0.4 is 0 Å². The number of benzene rings is 4. The van der Waals surface area contributed by atoms with Gasteiger partial charge in [-0.2, -0.15) is 0 Å². The minimum atomic E-state index is -1.14. The van der Waals surface area contributed by atoms with E-state index in [1.54, 1.807) is 6.07 Å². The average Bonchev–Trinajstić information content (AvgIpc) is 2.61. The molecule has 0 aliphatic carbocycles. The summed E-state index contributed by atoms with van der Waals surface area (Å²) in [6.45, 7) is 0. The van der Waals surface area contributed by atoms with Gasteiger partial charge in [-0.25, -0.2) is 4.79 Å². The van der Waals surface area contributed by atoms with E-state index in [4.69, 9.17) is 0 Å². The Morgan fingerprint density at radius 2 is 1.33 bits per heavy atom. The van der Waals surface area contributed by atoms with Gasteiger partial charge in [-0.3, -0.25) is 0 Å². The highest BCUT2D eigenvalue weighted by Gasteiger charge is 2.17. The highest BCUT2D eigenvalue weighted by molar-refractivity contribution is 6.11. The molecule has 0 amide bonds. The van der Waals surface area contributed by atoms with Gasteiger partial charge in [-0.1, -0.05) is 54.6 Å². The van der Waals surface area contributed by atoms with Crippen molar-refractivity contribution in [2.45, 2.75) is 0 Å². The molecule has 0 fully saturated rings. The molecule has 0 spiro atoms. The molecule has 0 aromatic heterocycles. The Hall–Kier alpha value is -3.33. The first kappa shape index (κ1) is 14.3. The van der Waals surface area contributed by atoms with Crippen molar-refractivity contribution in [1.82, 2.24) is 0 Å². The van der Waals surface area contributed by atoms with Gasteiger partial charge < -0.3 is 10.2 Å². The highest BCUT2D eigenvalue weighted by Crippen LogP contribution is 2.39. The summed E-state index contributed by atoms with van der Waals surface area (Å²) in [7, 11) is 0. The zero-order chi connectivity index (χ0) is 16.7. The van der Waals surface area contributed by atoms with Crippen LogP contribution in [0.25, 0.3) is 32.7 Å². The predicted molar refractivity (Wildman–Crippen MR) is 95.5 cm³/mol. The molecule has 116 valence electrons. The molecule has 24 heavy (non-hydrogen) atoms. The number of hydrogen-bond donors (Lipinski definition) is 2. The summed E-state index contributed by atoms with van der Waals surface area (Å²) in [5.41, 5.74) is 1.63. The number of rotatable bonds is 2. The Morgan fingerprint density at radius 3 is 1.96 bits per heavy atom. The van der Waals surface area contributed by atoms with Crippen LogP contribution in [0.2, 0.25) is 0 Å². The van der Waals surface area contributed by atoms with Gasteiger partial charge in [0.25, 0.3) is 0 Å². The molecule has 4 aromatic carbocycles. The number of fused-ring (bicyclic) bond motifs is 2. The minimum Gasteiger partial charge on any atom is -0.506 e. The normalized spacial score (nSPS) is 11.0. The monoisotopic (exact) mass is 314 g/mol. The topological polar surface area (TPSA) is 57.5 Å². The molecule has 0 saturated heterocycles. The van der Waals surface area contributed by atoms with Gasteiger partial charge in [0, 0.05) is 5.39 Å². The SMILES string of the molecule is O=C(O)c1cc(-c2ccccc2)c2cc3ccccc3cc2c1O. The van der Waals surface area contributed by atoms with Crippen LogP contribution in [0.5, 0.6) is 5.75 Å². The van der Waals surface area contributed by atoms with Crippen molar-refractivity contribution < 1.29 is 15.0 Å². The minimum absolute atomic E-state index is 0.0864. The van der Waals surface area contributed by atoms with Gasteiger partial charge in [-0.05, 0) is 45.5 Å². The van der Waals surface area contributed by atoms with Crippen LogP contribution in [0.15, 0.2) is 72.8 Å². The van der Waals surface area contributed by atoms with Gasteiger partial charge in [0.1, 0.15) is 11.3 Å². The Labute approximate surface area is 138 Å². The fraction of sp³-hybridized carbons (Fsp3) is 0. The van der Waals surface area contributed by atoms with Crippen LogP contribution in [0.1, 0.15) is 10.4 Å². The van der Waals surface area contributed by atoms with Gasteiger partial charge in [0.2, 0.25) is 0 Å². The Kier molecular flexibility index (Phi) is 3.21. The quantitative estimate of drug-likeness (QED) is 0.508. The Morgan fingerprint density at radius 1 is 0.750 bits per heavy atom. The summed E-state index contributed by atoms with van der Waals surface area (Å²) < 4.78 is 0. The van der Waals surface area contributed by atoms with E-state index in [1.165, 1.54) is 0 Å².